The summed E-state index contributed by atoms with van der Waals surface area (Å²) in [7, 11) is 0. The lowest BCUT2D eigenvalue weighted by Crippen LogP contribution is -2.10. The van der Waals surface area contributed by atoms with Gasteiger partial charge in [0.05, 0.1) is 6.10 Å². The van der Waals surface area contributed by atoms with Crippen LogP contribution in [0, 0.1) is 5.82 Å². The Morgan fingerprint density at radius 2 is 1.67 bits per heavy atom. The molecule has 0 radical (unpaired) electrons. The van der Waals surface area contributed by atoms with Crippen molar-refractivity contribution in [3.63, 3.8) is 0 Å². The highest BCUT2D eigenvalue weighted by Crippen LogP contribution is 2.35. The standard InChI is InChI=1S/C18H21FOS/c1-12(20)17-15(19)6-5-7-16(17)21-14-10-8-13(9-11-14)18(2,3)4/h5-12,20H,1-4H3/t12-/m1/s1. The zero-order valence-corrected chi connectivity index (χ0v) is 13.7. The predicted octanol–water partition coefficient (Wildman–Crippen LogP) is 5.33. The second-order valence-electron chi connectivity index (χ2n) is 6.20. The highest BCUT2D eigenvalue weighted by atomic mass is 32.2. The molecule has 2 rings (SSSR count). The van der Waals surface area contributed by atoms with E-state index in [1.807, 2.05) is 18.2 Å². The van der Waals surface area contributed by atoms with Crippen molar-refractivity contribution >= 4 is 11.8 Å². The van der Waals surface area contributed by atoms with E-state index in [-0.39, 0.29) is 11.2 Å². The summed E-state index contributed by atoms with van der Waals surface area (Å²) in [5.74, 6) is -0.360. The van der Waals surface area contributed by atoms with Crippen LogP contribution in [-0.2, 0) is 5.41 Å². The minimum atomic E-state index is -0.817. The van der Waals surface area contributed by atoms with Gasteiger partial charge in [0.25, 0.3) is 0 Å². The molecule has 0 heterocycles. The van der Waals surface area contributed by atoms with Crippen LogP contribution in [0.5, 0.6) is 0 Å². The van der Waals surface area contributed by atoms with Crippen LogP contribution in [0.1, 0.15) is 44.9 Å². The highest BCUT2D eigenvalue weighted by Gasteiger charge is 2.16. The topological polar surface area (TPSA) is 20.2 Å². The van der Waals surface area contributed by atoms with E-state index in [1.54, 1.807) is 13.0 Å². The maximum absolute atomic E-state index is 13.9. The predicted molar refractivity (Wildman–Crippen MR) is 86.3 cm³/mol. The van der Waals surface area contributed by atoms with E-state index in [0.29, 0.717) is 5.56 Å². The zero-order valence-electron chi connectivity index (χ0n) is 12.9. The molecule has 0 aliphatic rings. The van der Waals surface area contributed by atoms with Gasteiger partial charge in [0.1, 0.15) is 5.82 Å². The Bertz CT molecular complexity index is 612. The first kappa shape index (κ1) is 16.1. The van der Waals surface area contributed by atoms with E-state index in [9.17, 15) is 9.50 Å². The molecule has 2 aromatic rings. The molecule has 1 atom stereocenters. The molecular formula is C18H21FOS. The number of rotatable bonds is 3. The third kappa shape index (κ3) is 3.86. The maximum Gasteiger partial charge on any atom is 0.130 e. The number of aliphatic hydroxyl groups excluding tert-OH is 1. The third-order valence-corrected chi connectivity index (χ3v) is 4.46. The number of halogens is 1. The van der Waals surface area contributed by atoms with Gasteiger partial charge in [-0.15, -0.1) is 0 Å². The van der Waals surface area contributed by atoms with Crippen LogP contribution in [-0.4, -0.2) is 5.11 Å². The van der Waals surface area contributed by atoms with Crippen molar-refractivity contribution in [1.29, 1.82) is 0 Å². The van der Waals surface area contributed by atoms with Crippen molar-refractivity contribution in [2.24, 2.45) is 0 Å². The second kappa shape index (κ2) is 6.20. The number of hydrogen-bond donors (Lipinski definition) is 1. The van der Waals surface area contributed by atoms with E-state index >= 15 is 0 Å². The summed E-state index contributed by atoms with van der Waals surface area (Å²) in [5, 5.41) is 9.76. The number of benzene rings is 2. The normalized spacial score (nSPS) is 13.2. The summed E-state index contributed by atoms with van der Waals surface area (Å²) in [5.41, 5.74) is 1.75. The summed E-state index contributed by atoms with van der Waals surface area (Å²) in [6.07, 6.45) is -0.817. The van der Waals surface area contributed by atoms with E-state index in [0.717, 1.165) is 9.79 Å². The minimum absolute atomic E-state index is 0.118. The quantitative estimate of drug-likeness (QED) is 0.827. The lowest BCUT2D eigenvalue weighted by molar-refractivity contribution is 0.191. The largest absolute Gasteiger partial charge is 0.389 e. The average Bonchev–Trinajstić information content (AvgIpc) is 2.38. The molecule has 3 heteroatoms. The third-order valence-electron chi connectivity index (χ3n) is 3.38. The van der Waals surface area contributed by atoms with Crippen LogP contribution >= 0.6 is 11.8 Å². The lowest BCUT2D eigenvalue weighted by atomic mass is 9.87. The smallest absolute Gasteiger partial charge is 0.130 e. The molecule has 1 N–H and O–H groups in total. The van der Waals surface area contributed by atoms with E-state index in [4.69, 9.17) is 0 Å². The zero-order chi connectivity index (χ0) is 15.6. The van der Waals surface area contributed by atoms with Gasteiger partial charge in [0.2, 0.25) is 0 Å². The Labute approximate surface area is 130 Å². The Morgan fingerprint density at radius 3 is 2.19 bits per heavy atom. The van der Waals surface area contributed by atoms with Gasteiger partial charge in [-0.05, 0) is 42.2 Å². The van der Waals surface area contributed by atoms with Gasteiger partial charge in [0, 0.05) is 15.4 Å². The molecule has 0 spiro atoms. The van der Waals surface area contributed by atoms with Gasteiger partial charge in [-0.3, -0.25) is 0 Å². The lowest BCUT2D eigenvalue weighted by Gasteiger charge is -2.19. The van der Waals surface area contributed by atoms with Gasteiger partial charge in [0.15, 0.2) is 0 Å². The molecule has 112 valence electrons. The van der Waals surface area contributed by atoms with E-state index in [1.165, 1.54) is 23.4 Å². The molecule has 0 aliphatic heterocycles. The molecule has 0 saturated carbocycles. The summed E-state index contributed by atoms with van der Waals surface area (Å²) in [4.78, 5) is 1.80. The van der Waals surface area contributed by atoms with Crippen LogP contribution in [0.3, 0.4) is 0 Å². The second-order valence-corrected chi connectivity index (χ2v) is 7.32. The summed E-state index contributed by atoms with van der Waals surface area (Å²) >= 11 is 1.48. The first-order valence-electron chi connectivity index (χ1n) is 7.04. The first-order chi connectivity index (χ1) is 9.79. The van der Waals surface area contributed by atoms with Crippen LogP contribution < -0.4 is 0 Å². The van der Waals surface area contributed by atoms with Crippen LogP contribution in [0.15, 0.2) is 52.3 Å². The summed E-state index contributed by atoms with van der Waals surface area (Å²) < 4.78 is 13.9. The van der Waals surface area contributed by atoms with Gasteiger partial charge < -0.3 is 5.11 Å². The van der Waals surface area contributed by atoms with Crippen molar-refractivity contribution in [3.8, 4) is 0 Å². The SMILES string of the molecule is C[C@@H](O)c1c(F)cccc1Sc1ccc(C(C)(C)C)cc1. The highest BCUT2D eigenvalue weighted by molar-refractivity contribution is 7.99. The van der Waals surface area contributed by atoms with E-state index < -0.39 is 6.10 Å². The van der Waals surface area contributed by atoms with Gasteiger partial charge in [-0.1, -0.05) is 50.7 Å². The van der Waals surface area contributed by atoms with Crippen LogP contribution in [0.25, 0.3) is 0 Å². The summed E-state index contributed by atoms with van der Waals surface area (Å²) in [6.45, 7) is 8.11. The van der Waals surface area contributed by atoms with Crippen molar-refractivity contribution in [2.75, 3.05) is 0 Å². The molecule has 0 aliphatic carbocycles. The molecule has 21 heavy (non-hydrogen) atoms. The average molecular weight is 304 g/mol. The fourth-order valence-corrected chi connectivity index (χ4v) is 3.21. The Morgan fingerprint density at radius 1 is 1.05 bits per heavy atom. The molecule has 0 bridgehead atoms. The minimum Gasteiger partial charge on any atom is -0.389 e. The molecular weight excluding hydrogens is 283 g/mol. The fourth-order valence-electron chi connectivity index (χ4n) is 2.16. The maximum atomic E-state index is 13.9. The molecule has 0 saturated heterocycles. The van der Waals surface area contributed by atoms with Crippen molar-refractivity contribution in [1.82, 2.24) is 0 Å². The molecule has 2 aromatic carbocycles. The molecule has 0 amide bonds. The molecule has 0 aromatic heterocycles. The van der Waals surface area contributed by atoms with Crippen molar-refractivity contribution in [3.05, 3.63) is 59.4 Å². The van der Waals surface area contributed by atoms with Crippen LogP contribution in [0.4, 0.5) is 4.39 Å². The van der Waals surface area contributed by atoms with Gasteiger partial charge in [-0.2, -0.15) is 0 Å². The number of hydrogen-bond acceptors (Lipinski definition) is 2. The molecule has 1 nitrogen and oxygen atoms in total. The summed E-state index contributed by atoms with van der Waals surface area (Å²) in [6, 6.07) is 13.2. The Hall–Kier alpha value is -1.32. The van der Waals surface area contributed by atoms with E-state index in [2.05, 4.69) is 32.9 Å². The Balaban J connectivity index is 2.29. The molecule has 0 unspecified atom stereocenters. The first-order valence-corrected chi connectivity index (χ1v) is 7.85. The van der Waals surface area contributed by atoms with Crippen LogP contribution in [0.2, 0.25) is 0 Å². The number of aliphatic hydroxyl groups is 1. The fraction of sp³-hybridized carbons (Fsp3) is 0.333. The monoisotopic (exact) mass is 304 g/mol. The van der Waals surface area contributed by atoms with Crippen molar-refractivity contribution < 1.29 is 9.50 Å². The van der Waals surface area contributed by atoms with Crippen molar-refractivity contribution in [2.45, 2.75) is 49.0 Å². The molecule has 0 fully saturated rings. The van der Waals surface area contributed by atoms with Gasteiger partial charge in [-0.25, -0.2) is 4.39 Å². The van der Waals surface area contributed by atoms with Gasteiger partial charge >= 0.3 is 0 Å². The Kier molecular flexibility index (Phi) is 4.74.